The van der Waals surface area contributed by atoms with Crippen LogP contribution in [0, 0.1) is 0 Å². The molecule has 0 bridgehead atoms. The van der Waals surface area contributed by atoms with Crippen LogP contribution in [-0.4, -0.2) is 19.1 Å². The third-order valence-electron chi connectivity index (χ3n) is 2.40. The number of carbonyl (C=O) groups excluding carboxylic acids is 1. The van der Waals surface area contributed by atoms with Crippen LogP contribution in [0.2, 0.25) is 0 Å². The third kappa shape index (κ3) is 2.23. The van der Waals surface area contributed by atoms with Crippen molar-refractivity contribution in [3.05, 3.63) is 29.8 Å². The highest BCUT2D eigenvalue weighted by molar-refractivity contribution is 5.85. The van der Waals surface area contributed by atoms with Crippen LogP contribution in [0.15, 0.2) is 24.3 Å². The van der Waals surface area contributed by atoms with Crippen molar-refractivity contribution in [2.24, 2.45) is 0 Å². The molecule has 2 rings (SSSR count). The van der Waals surface area contributed by atoms with E-state index in [9.17, 15) is 4.79 Å². The Kier molecular flexibility index (Phi) is 3.97. The summed E-state index contributed by atoms with van der Waals surface area (Å²) in [6, 6.07) is 7.85. The molecule has 1 heterocycles. The highest BCUT2D eigenvalue weighted by atomic mass is 35.5. The Bertz CT molecular complexity index is 354. The van der Waals surface area contributed by atoms with Gasteiger partial charge in [-0.05, 0) is 18.6 Å². The molecule has 1 aromatic carbocycles. The largest absolute Gasteiger partial charge is 0.465 e. The molecule has 1 atom stereocenters. The molecule has 0 spiro atoms. The van der Waals surface area contributed by atoms with Gasteiger partial charge in [0.2, 0.25) is 0 Å². The fourth-order valence-electron chi connectivity index (χ4n) is 1.74. The highest BCUT2D eigenvalue weighted by Crippen LogP contribution is 2.31. The summed E-state index contributed by atoms with van der Waals surface area (Å²) in [5, 5.41) is 3.19. The van der Waals surface area contributed by atoms with Crippen molar-refractivity contribution < 1.29 is 9.53 Å². The molecule has 0 aromatic heterocycles. The van der Waals surface area contributed by atoms with Crippen LogP contribution >= 0.6 is 12.4 Å². The zero-order chi connectivity index (χ0) is 9.97. The van der Waals surface area contributed by atoms with Crippen LogP contribution in [0.25, 0.3) is 0 Å². The number of para-hydroxylation sites is 1. The predicted molar refractivity (Wildman–Crippen MR) is 61.6 cm³/mol. The molecule has 15 heavy (non-hydrogen) atoms. The molecule has 82 valence electrons. The molecule has 0 radical (unpaired) electrons. The van der Waals surface area contributed by atoms with Crippen molar-refractivity contribution in [2.45, 2.75) is 12.8 Å². The third-order valence-corrected chi connectivity index (χ3v) is 2.40. The number of rotatable bonds is 2. The van der Waals surface area contributed by atoms with Gasteiger partial charge in [0, 0.05) is 12.2 Å². The van der Waals surface area contributed by atoms with E-state index in [2.05, 4.69) is 5.32 Å². The van der Waals surface area contributed by atoms with Crippen LogP contribution in [-0.2, 0) is 9.53 Å². The van der Waals surface area contributed by atoms with E-state index in [1.807, 2.05) is 31.2 Å². The average Bonchev–Trinajstić information content (AvgIpc) is 2.61. The van der Waals surface area contributed by atoms with Gasteiger partial charge in [-0.3, -0.25) is 4.79 Å². The first-order valence-electron chi connectivity index (χ1n) is 4.82. The predicted octanol–water partition coefficient (Wildman–Crippen LogP) is 2.18. The summed E-state index contributed by atoms with van der Waals surface area (Å²) in [5.41, 5.74) is 2.09. The van der Waals surface area contributed by atoms with E-state index in [4.69, 9.17) is 4.74 Å². The normalized spacial score (nSPS) is 17.3. The zero-order valence-corrected chi connectivity index (χ0v) is 9.34. The van der Waals surface area contributed by atoms with Gasteiger partial charge in [0.1, 0.15) is 5.92 Å². The number of hydrogen-bond donors (Lipinski definition) is 1. The Hall–Kier alpha value is -1.22. The first kappa shape index (κ1) is 11.9. The van der Waals surface area contributed by atoms with Crippen molar-refractivity contribution in [1.82, 2.24) is 0 Å². The maximum atomic E-state index is 11.5. The number of anilines is 1. The number of halogens is 1. The fraction of sp³-hybridized carbons (Fsp3) is 0.364. The smallest absolute Gasteiger partial charge is 0.315 e. The maximum Gasteiger partial charge on any atom is 0.315 e. The van der Waals surface area contributed by atoms with Gasteiger partial charge in [-0.1, -0.05) is 18.2 Å². The van der Waals surface area contributed by atoms with E-state index in [0.29, 0.717) is 13.2 Å². The summed E-state index contributed by atoms with van der Waals surface area (Å²) in [5.74, 6) is -0.267. The number of carbonyl (C=O) groups is 1. The lowest BCUT2D eigenvalue weighted by Gasteiger charge is -2.08. The van der Waals surface area contributed by atoms with Gasteiger partial charge in [-0.25, -0.2) is 0 Å². The van der Waals surface area contributed by atoms with Crippen LogP contribution in [0.4, 0.5) is 5.69 Å². The topological polar surface area (TPSA) is 38.3 Å². The summed E-state index contributed by atoms with van der Waals surface area (Å²) in [4.78, 5) is 11.5. The quantitative estimate of drug-likeness (QED) is 0.788. The zero-order valence-electron chi connectivity index (χ0n) is 8.53. The Morgan fingerprint density at radius 3 is 3.00 bits per heavy atom. The number of nitrogens with one attached hydrogen (secondary N) is 1. The van der Waals surface area contributed by atoms with Crippen LogP contribution in [0.5, 0.6) is 0 Å². The highest BCUT2D eigenvalue weighted by Gasteiger charge is 2.28. The average molecular weight is 228 g/mol. The van der Waals surface area contributed by atoms with Gasteiger partial charge in [-0.15, -0.1) is 12.4 Å². The van der Waals surface area contributed by atoms with Crippen molar-refractivity contribution in [1.29, 1.82) is 0 Å². The minimum atomic E-state index is -0.134. The Labute approximate surface area is 95.2 Å². The van der Waals surface area contributed by atoms with Crippen LogP contribution in [0.1, 0.15) is 18.4 Å². The molecule has 0 saturated heterocycles. The van der Waals surface area contributed by atoms with Crippen molar-refractivity contribution >= 4 is 24.1 Å². The molecule has 0 fully saturated rings. The summed E-state index contributed by atoms with van der Waals surface area (Å²) < 4.78 is 5.00. The van der Waals surface area contributed by atoms with Crippen LogP contribution < -0.4 is 5.32 Å². The van der Waals surface area contributed by atoms with Gasteiger partial charge in [-0.2, -0.15) is 0 Å². The van der Waals surface area contributed by atoms with Gasteiger partial charge in [0.15, 0.2) is 0 Å². The van der Waals surface area contributed by atoms with Crippen molar-refractivity contribution in [2.75, 3.05) is 18.5 Å². The molecule has 1 aliphatic rings. The Morgan fingerprint density at radius 2 is 2.27 bits per heavy atom. The van der Waals surface area contributed by atoms with Crippen LogP contribution in [0.3, 0.4) is 0 Å². The number of hydrogen-bond acceptors (Lipinski definition) is 3. The van der Waals surface area contributed by atoms with Gasteiger partial charge in [0.25, 0.3) is 0 Å². The number of benzene rings is 1. The number of fused-ring (bicyclic) bond motifs is 1. The summed E-state index contributed by atoms with van der Waals surface area (Å²) >= 11 is 0. The Balaban J connectivity index is 0.00000112. The SMILES string of the molecule is CCOC(=O)[C@@H]1CNc2ccccc21.Cl. The summed E-state index contributed by atoms with van der Waals surface area (Å²) in [6.07, 6.45) is 0. The maximum absolute atomic E-state index is 11.5. The van der Waals surface area contributed by atoms with Crippen molar-refractivity contribution in [3.63, 3.8) is 0 Å². The van der Waals surface area contributed by atoms with Crippen molar-refractivity contribution in [3.8, 4) is 0 Å². The first-order valence-corrected chi connectivity index (χ1v) is 4.82. The second-order valence-electron chi connectivity index (χ2n) is 3.27. The lowest BCUT2D eigenvalue weighted by atomic mass is 10.0. The van der Waals surface area contributed by atoms with E-state index in [1.54, 1.807) is 0 Å². The molecule has 0 amide bonds. The van der Waals surface area contributed by atoms with E-state index in [1.165, 1.54) is 0 Å². The fourth-order valence-corrected chi connectivity index (χ4v) is 1.74. The second-order valence-corrected chi connectivity index (χ2v) is 3.27. The van der Waals surface area contributed by atoms with E-state index in [0.717, 1.165) is 11.3 Å². The molecule has 1 aromatic rings. The van der Waals surface area contributed by atoms with E-state index < -0.39 is 0 Å². The summed E-state index contributed by atoms with van der Waals surface area (Å²) in [7, 11) is 0. The minimum absolute atomic E-state index is 0. The number of esters is 1. The summed E-state index contributed by atoms with van der Waals surface area (Å²) in [6.45, 7) is 2.92. The molecule has 0 aliphatic carbocycles. The minimum Gasteiger partial charge on any atom is -0.465 e. The second kappa shape index (κ2) is 5.03. The standard InChI is InChI=1S/C11H13NO2.ClH/c1-2-14-11(13)9-7-12-10-6-4-3-5-8(9)10;/h3-6,9,12H,2,7H2,1H3;1H/t9-;/m1./s1. The van der Waals surface area contributed by atoms with Gasteiger partial charge < -0.3 is 10.1 Å². The van der Waals surface area contributed by atoms with Gasteiger partial charge in [0.05, 0.1) is 6.61 Å². The molecule has 4 heteroatoms. The molecule has 3 nitrogen and oxygen atoms in total. The number of ether oxygens (including phenoxy) is 1. The Morgan fingerprint density at radius 1 is 1.53 bits per heavy atom. The molecule has 0 saturated carbocycles. The van der Waals surface area contributed by atoms with Gasteiger partial charge >= 0.3 is 5.97 Å². The molecule has 0 unspecified atom stereocenters. The van der Waals surface area contributed by atoms with E-state index in [-0.39, 0.29) is 24.3 Å². The van der Waals surface area contributed by atoms with E-state index >= 15 is 0 Å². The molecule has 1 N–H and O–H groups in total. The molecular weight excluding hydrogens is 214 g/mol. The molecule has 1 aliphatic heterocycles. The lowest BCUT2D eigenvalue weighted by Crippen LogP contribution is -2.17. The molecular formula is C11H14ClNO2. The monoisotopic (exact) mass is 227 g/mol. The first-order chi connectivity index (χ1) is 6.83. The lowest BCUT2D eigenvalue weighted by molar-refractivity contribution is -0.144.